The first-order valence-corrected chi connectivity index (χ1v) is 9.13. The summed E-state index contributed by atoms with van der Waals surface area (Å²) in [6, 6.07) is 11.0. The lowest BCUT2D eigenvalue weighted by atomic mass is 10.0. The zero-order chi connectivity index (χ0) is 15.0. The molecule has 1 N–H and O–H groups in total. The average Bonchev–Trinajstić information content (AvgIpc) is 2.45. The van der Waals surface area contributed by atoms with Gasteiger partial charge in [0.05, 0.1) is 28.1 Å². The number of sulfone groups is 1. The molecule has 1 aromatic carbocycles. The van der Waals surface area contributed by atoms with Gasteiger partial charge in [-0.2, -0.15) is 0 Å². The Morgan fingerprint density at radius 2 is 2.00 bits per heavy atom. The molecule has 0 saturated carbocycles. The van der Waals surface area contributed by atoms with Crippen molar-refractivity contribution in [3.8, 4) is 0 Å². The maximum atomic E-state index is 12.1. The molecule has 0 amide bonds. The number of aryl methyl sites for hydroxylation is 1. The van der Waals surface area contributed by atoms with Gasteiger partial charge in [0.2, 0.25) is 0 Å². The van der Waals surface area contributed by atoms with Crippen molar-refractivity contribution in [3.63, 3.8) is 0 Å². The first-order valence-electron chi connectivity index (χ1n) is 6.69. The normalized spacial score (nSPS) is 19.8. The SMILES string of the molecule is Cc1nc(Br)ccc1NC1CCS(=O)(=O)c2ccccc21. The van der Waals surface area contributed by atoms with Gasteiger partial charge >= 0.3 is 0 Å². The molecule has 0 saturated heterocycles. The Morgan fingerprint density at radius 1 is 1.24 bits per heavy atom. The Bertz CT molecular complexity index is 790. The molecular weight excluding hydrogens is 352 g/mol. The molecule has 2 heterocycles. The van der Waals surface area contributed by atoms with E-state index in [2.05, 4.69) is 26.2 Å². The maximum absolute atomic E-state index is 12.1. The summed E-state index contributed by atoms with van der Waals surface area (Å²) in [5.74, 6) is 0.171. The van der Waals surface area contributed by atoms with Crippen LogP contribution in [-0.2, 0) is 9.84 Å². The highest BCUT2D eigenvalue weighted by Crippen LogP contribution is 2.34. The fraction of sp³-hybridized carbons (Fsp3) is 0.267. The third kappa shape index (κ3) is 2.82. The molecule has 1 atom stereocenters. The molecule has 4 nitrogen and oxygen atoms in total. The molecule has 0 aliphatic carbocycles. The summed E-state index contributed by atoms with van der Waals surface area (Å²) in [4.78, 5) is 4.80. The van der Waals surface area contributed by atoms with Crippen molar-refractivity contribution in [2.75, 3.05) is 11.1 Å². The number of aromatic nitrogens is 1. The molecule has 0 spiro atoms. The van der Waals surface area contributed by atoms with Gasteiger partial charge in [-0.3, -0.25) is 0 Å². The smallest absolute Gasteiger partial charge is 0.178 e. The third-order valence-electron chi connectivity index (χ3n) is 3.69. The van der Waals surface area contributed by atoms with Gasteiger partial charge in [-0.05, 0) is 53.0 Å². The van der Waals surface area contributed by atoms with E-state index in [-0.39, 0.29) is 11.8 Å². The largest absolute Gasteiger partial charge is 0.377 e. The summed E-state index contributed by atoms with van der Waals surface area (Å²) in [6.45, 7) is 1.93. The Morgan fingerprint density at radius 3 is 2.76 bits per heavy atom. The van der Waals surface area contributed by atoms with Crippen molar-refractivity contribution in [2.45, 2.75) is 24.3 Å². The fourth-order valence-corrected chi connectivity index (χ4v) is 4.63. The Hall–Kier alpha value is -1.40. The van der Waals surface area contributed by atoms with E-state index in [0.29, 0.717) is 11.3 Å². The number of halogens is 1. The molecule has 3 rings (SSSR count). The van der Waals surface area contributed by atoms with Gasteiger partial charge in [0.25, 0.3) is 0 Å². The minimum absolute atomic E-state index is 0.00796. The van der Waals surface area contributed by atoms with Crippen molar-refractivity contribution < 1.29 is 8.42 Å². The fourth-order valence-electron chi connectivity index (χ4n) is 2.61. The van der Waals surface area contributed by atoms with Crippen LogP contribution in [0, 0.1) is 6.92 Å². The number of anilines is 1. The Kier molecular flexibility index (Phi) is 3.75. The molecule has 1 unspecified atom stereocenters. The zero-order valence-electron chi connectivity index (χ0n) is 11.5. The van der Waals surface area contributed by atoms with Crippen LogP contribution in [0.1, 0.15) is 23.7 Å². The van der Waals surface area contributed by atoms with Crippen LogP contribution in [0.25, 0.3) is 0 Å². The van der Waals surface area contributed by atoms with Crippen LogP contribution < -0.4 is 5.32 Å². The second kappa shape index (κ2) is 5.42. The third-order valence-corrected chi connectivity index (χ3v) is 5.94. The van der Waals surface area contributed by atoms with E-state index in [0.717, 1.165) is 21.5 Å². The van der Waals surface area contributed by atoms with E-state index < -0.39 is 9.84 Å². The summed E-state index contributed by atoms with van der Waals surface area (Å²) < 4.78 is 25.1. The number of benzene rings is 1. The quantitative estimate of drug-likeness (QED) is 0.826. The van der Waals surface area contributed by atoms with Crippen molar-refractivity contribution in [1.29, 1.82) is 0 Å². The molecule has 1 aliphatic rings. The Balaban J connectivity index is 1.97. The van der Waals surface area contributed by atoms with Gasteiger partial charge in [-0.15, -0.1) is 0 Å². The highest BCUT2D eigenvalue weighted by Gasteiger charge is 2.30. The molecule has 1 aliphatic heterocycles. The molecule has 21 heavy (non-hydrogen) atoms. The van der Waals surface area contributed by atoms with Crippen molar-refractivity contribution >= 4 is 31.5 Å². The lowest BCUT2D eigenvalue weighted by Gasteiger charge is -2.27. The van der Waals surface area contributed by atoms with Gasteiger partial charge in [-0.25, -0.2) is 13.4 Å². The summed E-state index contributed by atoms with van der Waals surface area (Å²) in [6.07, 6.45) is 0.564. The van der Waals surface area contributed by atoms with E-state index in [1.807, 2.05) is 31.2 Å². The maximum Gasteiger partial charge on any atom is 0.178 e. The predicted octanol–water partition coefficient (Wildman–Crippen LogP) is 3.48. The molecular formula is C15H15BrN2O2S. The number of hydrogen-bond acceptors (Lipinski definition) is 4. The highest BCUT2D eigenvalue weighted by molar-refractivity contribution is 9.10. The first-order chi connectivity index (χ1) is 9.97. The van der Waals surface area contributed by atoms with Gasteiger partial charge in [0, 0.05) is 0 Å². The van der Waals surface area contributed by atoms with Crippen LogP contribution in [0.2, 0.25) is 0 Å². The van der Waals surface area contributed by atoms with Crippen molar-refractivity contribution in [2.24, 2.45) is 0 Å². The molecule has 0 bridgehead atoms. The number of rotatable bonds is 2. The van der Waals surface area contributed by atoms with E-state index in [1.165, 1.54) is 0 Å². The zero-order valence-corrected chi connectivity index (χ0v) is 13.9. The standard InChI is InChI=1S/C15H15BrN2O2S/c1-10-12(6-7-15(16)17-10)18-13-8-9-21(19,20)14-5-3-2-4-11(13)14/h2-7,13,18H,8-9H2,1H3. The van der Waals surface area contributed by atoms with E-state index in [9.17, 15) is 8.42 Å². The molecule has 2 aromatic rings. The molecule has 1 aromatic heterocycles. The van der Waals surface area contributed by atoms with Crippen molar-refractivity contribution in [1.82, 2.24) is 4.98 Å². The van der Waals surface area contributed by atoms with E-state index in [4.69, 9.17) is 0 Å². The van der Waals surface area contributed by atoms with E-state index >= 15 is 0 Å². The van der Waals surface area contributed by atoms with Crippen molar-refractivity contribution in [3.05, 3.63) is 52.3 Å². The van der Waals surface area contributed by atoms with Crippen LogP contribution in [0.5, 0.6) is 0 Å². The average molecular weight is 367 g/mol. The Labute approximate surface area is 132 Å². The highest BCUT2D eigenvalue weighted by atomic mass is 79.9. The topological polar surface area (TPSA) is 59.1 Å². The number of nitrogens with zero attached hydrogens (tertiary/aromatic N) is 1. The number of fused-ring (bicyclic) bond motifs is 1. The molecule has 0 fully saturated rings. The van der Waals surface area contributed by atoms with Gasteiger partial charge < -0.3 is 5.32 Å². The summed E-state index contributed by atoms with van der Waals surface area (Å²) >= 11 is 3.34. The number of nitrogens with one attached hydrogen (secondary N) is 1. The predicted molar refractivity (Wildman–Crippen MR) is 86.1 cm³/mol. The van der Waals surface area contributed by atoms with E-state index in [1.54, 1.807) is 12.1 Å². The van der Waals surface area contributed by atoms with Gasteiger partial charge in [0.15, 0.2) is 9.84 Å². The van der Waals surface area contributed by atoms with Gasteiger partial charge in [0.1, 0.15) is 4.60 Å². The minimum atomic E-state index is -3.15. The molecule has 6 heteroatoms. The minimum Gasteiger partial charge on any atom is -0.377 e. The molecule has 0 radical (unpaired) electrons. The lowest BCUT2D eigenvalue weighted by Crippen LogP contribution is -2.24. The monoisotopic (exact) mass is 366 g/mol. The summed E-state index contributed by atoms with van der Waals surface area (Å²) in [5.41, 5.74) is 2.65. The number of pyridine rings is 1. The van der Waals surface area contributed by atoms with Crippen LogP contribution in [0.3, 0.4) is 0 Å². The lowest BCUT2D eigenvalue weighted by molar-refractivity contribution is 0.576. The second-order valence-electron chi connectivity index (χ2n) is 5.11. The van der Waals surface area contributed by atoms with Crippen LogP contribution in [0.15, 0.2) is 45.9 Å². The first kappa shape index (κ1) is 14.5. The van der Waals surface area contributed by atoms with Gasteiger partial charge in [-0.1, -0.05) is 18.2 Å². The summed E-state index contributed by atoms with van der Waals surface area (Å²) in [5, 5.41) is 3.42. The second-order valence-corrected chi connectivity index (χ2v) is 8.00. The van der Waals surface area contributed by atoms with Crippen LogP contribution >= 0.6 is 15.9 Å². The van der Waals surface area contributed by atoms with Crippen LogP contribution in [0.4, 0.5) is 5.69 Å². The summed E-state index contributed by atoms with van der Waals surface area (Å²) in [7, 11) is -3.15. The number of hydrogen-bond donors (Lipinski definition) is 1. The van der Waals surface area contributed by atoms with Crippen LogP contribution in [-0.4, -0.2) is 19.2 Å². The molecule has 110 valence electrons.